The molecule has 0 aromatic carbocycles. The fourth-order valence-corrected chi connectivity index (χ4v) is 3.57. The summed E-state index contributed by atoms with van der Waals surface area (Å²) in [6.07, 6.45) is 10.5. The Hall–Kier alpha value is 0.460. The van der Waals surface area contributed by atoms with E-state index in [0.717, 1.165) is 22.0 Å². The van der Waals surface area contributed by atoms with Crippen LogP contribution in [-0.2, 0) is 4.74 Å². The number of rotatable bonds is 16. The fraction of sp³-hybridized carbons (Fsp3) is 1.00. The largest absolute Gasteiger partial charge is 1.00 e. The molecule has 0 heterocycles. The maximum atomic E-state index is 6.41. The van der Waals surface area contributed by atoms with Crippen LogP contribution in [0, 0.1) is 5.41 Å². The van der Waals surface area contributed by atoms with Crippen LogP contribution in [0.5, 0.6) is 0 Å². The van der Waals surface area contributed by atoms with Crippen LogP contribution in [0.1, 0.15) is 86.0 Å². The lowest BCUT2D eigenvalue weighted by Gasteiger charge is -2.42. The van der Waals surface area contributed by atoms with Crippen molar-refractivity contribution >= 4 is 0 Å². The standard InChI is InChI=1S/C24H54N2O.2ClH/c1-11-12-13-14-15-18-23(2,3)24(4,5)27-22-17-21-26(9,10)20-16-19-25(6,7)8;;/h11-22H2,1-10H3;2*1H/q+2;;/p-2. The molecule has 0 fully saturated rings. The van der Waals surface area contributed by atoms with Gasteiger partial charge in [-0.05, 0) is 25.7 Å². The van der Waals surface area contributed by atoms with E-state index in [9.17, 15) is 0 Å². The smallest absolute Gasteiger partial charge is 0.0836 e. The number of quaternary nitrogens is 2. The quantitative estimate of drug-likeness (QED) is 0.229. The Morgan fingerprint density at radius 3 is 1.69 bits per heavy atom. The lowest BCUT2D eigenvalue weighted by molar-refractivity contribution is -0.902. The van der Waals surface area contributed by atoms with Crippen molar-refractivity contribution in [2.45, 2.75) is 91.6 Å². The minimum Gasteiger partial charge on any atom is -1.00 e. The first-order valence-electron chi connectivity index (χ1n) is 11.5. The Labute approximate surface area is 196 Å². The van der Waals surface area contributed by atoms with Gasteiger partial charge in [-0.15, -0.1) is 0 Å². The maximum Gasteiger partial charge on any atom is 0.0836 e. The van der Waals surface area contributed by atoms with E-state index < -0.39 is 0 Å². The summed E-state index contributed by atoms with van der Waals surface area (Å²) in [5, 5.41) is 0. The number of halogens is 2. The number of unbranched alkanes of at least 4 members (excludes halogenated alkanes) is 4. The van der Waals surface area contributed by atoms with Crippen LogP contribution < -0.4 is 24.8 Å². The van der Waals surface area contributed by atoms with Gasteiger partial charge in [0.1, 0.15) is 0 Å². The van der Waals surface area contributed by atoms with Gasteiger partial charge in [0, 0.05) is 12.8 Å². The van der Waals surface area contributed by atoms with E-state index in [1.807, 2.05) is 0 Å². The molecule has 29 heavy (non-hydrogen) atoms. The minimum absolute atomic E-state index is 0. The maximum absolute atomic E-state index is 6.41. The predicted octanol–water partition coefficient (Wildman–Crippen LogP) is -0.261. The number of hydrogen-bond acceptors (Lipinski definition) is 1. The van der Waals surface area contributed by atoms with Crippen molar-refractivity contribution in [3.63, 3.8) is 0 Å². The van der Waals surface area contributed by atoms with Gasteiger partial charge in [-0.2, -0.15) is 0 Å². The van der Waals surface area contributed by atoms with Gasteiger partial charge in [-0.1, -0.05) is 52.9 Å². The topological polar surface area (TPSA) is 9.23 Å². The zero-order valence-electron chi connectivity index (χ0n) is 21.5. The van der Waals surface area contributed by atoms with Crippen molar-refractivity contribution in [3.8, 4) is 0 Å². The van der Waals surface area contributed by atoms with E-state index >= 15 is 0 Å². The van der Waals surface area contributed by atoms with Crippen LogP contribution in [-0.4, -0.2) is 76.0 Å². The molecule has 0 bridgehead atoms. The summed E-state index contributed by atoms with van der Waals surface area (Å²) in [7, 11) is 11.6. The molecule has 0 radical (unpaired) electrons. The molecule has 0 aliphatic carbocycles. The highest BCUT2D eigenvalue weighted by Crippen LogP contribution is 2.38. The highest BCUT2D eigenvalue weighted by atomic mass is 35.5. The Morgan fingerprint density at radius 1 is 0.655 bits per heavy atom. The van der Waals surface area contributed by atoms with Crippen LogP contribution in [0.2, 0.25) is 0 Å². The van der Waals surface area contributed by atoms with Gasteiger partial charge < -0.3 is 38.5 Å². The lowest BCUT2D eigenvalue weighted by atomic mass is 9.73. The molecule has 0 aromatic rings. The van der Waals surface area contributed by atoms with Gasteiger partial charge in [0.2, 0.25) is 0 Å². The van der Waals surface area contributed by atoms with Gasteiger partial charge >= 0.3 is 0 Å². The first-order valence-corrected chi connectivity index (χ1v) is 11.5. The zero-order valence-corrected chi connectivity index (χ0v) is 23.1. The molecular formula is C24H54Cl2N2O. The first-order chi connectivity index (χ1) is 12.2. The summed E-state index contributed by atoms with van der Waals surface area (Å²) in [5.41, 5.74) is 0.173. The molecule has 0 aromatic heterocycles. The minimum atomic E-state index is -0.0569. The van der Waals surface area contributed by atoms with Crippen LogP contribution >= 0.6 is 0 Å². The molecule has 0 saturated carbocycles. The van der Waals surface area contributed by atoms with Gasteiger partial charge in [0.15, 0.2) is 0 Å². The molecule has 0 atom stereocenters. The van der Waals surface area contributed by atoms with Gasteiger partial charge in [-0.25, -0.2) is 0 Å². The Kier molecular flexibility index (Phi) is 18.0. The molecule has 0 spiro atoms. The molecule has 5 heteroatoms. The Bertz CT molecular complexity index is 391. The summed E-state index contributed by atoms with van der Waals surface area (Å²) < 4.78 is 8.58. The molecule has 0 saturated heterocycles. The van der Waals surface area contributed by atoms with Crippen LogP contribution in [0.3, 0.4) is 0 Å². The summed E-state index contributed by atoms with van der Waals surface area (Å²) in [5.74, 6) is 0. The van der Waals surface area contributed by atoms with Crippen molar-refractivity contribution in [3.05, 3.63) is 0 Å². The van der Waals surface area contributed by atoms with Crippen molar-refractivity contribution in [2.75, 3.05) is 61.5 Å². The second kappa shape index (κ2) is 15.3. The van der Waals surface area contributed by atoms with Crippen LogP contribution in [0.15, 0.2) is 0 Å². The number of hydrogen-bond donors (Lipinski definition) is 0. The number of nitrogens with zero attached hydrogens (tertiary/aromatic N) is 2. The van der Waals surface area contributed by atoms with Gasteiger partial charge in [0.05, 0.1) is 67.1 Å². The molecular weight excluding hydrogens is 403 g/mol. The van der Waals surface area contributed by atoms with E-state index in [2.05, 4.69) is 69.9 Å². The summed E-state index contributed by atoms with van der Waals surface area (Å²) in [6.45, 7) is 16.2. The van der Waals surface area contributed by atoms with Crippen LogP contribution in [0.4, 0.5) is 0 Å². The van der Waals surface area contributed by atoms with Crippen molar-refractivity contribution in [1.29, 1.82) is 0 Å². The number of ether oxygens (including phenoxy) is 1. The SMILES string of the molecule is CCCCCCCC(C)(C)C(C)(C)OCCC[N+](C)(C)CCC[N+](C)(C)C.[Cl-].[Cl-]. The van der Waals surface area contributed by atoms with Crippen molar-refractivity contribution in [1.82, 2.24) is 0 Å². The van der Waals surface area contributed by atoms with E-state index in [1.54, 1.807) is 0 Å². The molecule has 0 aliphatic heterocycles. The Morgan fingerprint density at radius 2 is 1.17 bits per heavy atom. The van der Waals surface area contributed by atoms with Crippen molar-refractivity contribution in [2.24, 2.45) is 5.41 Å². The van der Waals surface area contributed by atoms with Gasteiger partial charge in [-0.3, -0.25) is 0 Å². The van der Waals surface area contributed by atoms with E-state index in [0.29, 0.717) is 0 Å². The molecule has 0 unspecified atom stereocenters. The third kappa shape index (κ3) is 16.8. The summed E-state index contributed by atoms with van der Waals surface area (Å²) in [6, 6.07) is 0. The average molecular weight is 458 g/mol. The van der Waals surface area contributed by atoms with Gasteiger partial charge in [0.25, 0.3) is 0 Å². The highest BCUT2D eigenvalue weighted by Gasteiger charge is 2.37. The second-order valence-corrected chi connectivity index (χ2v) is 11.5. The third-order valence-corrected chi connectivity index (χ3v) is 6.50. The molecule has 180 valence electrons. The van der Waals surface area contributed by atoms with E-state index in [-0.39, 0.29) is 35.8 Å². The molecule has 0 aliphatic rings. The van der Waals surface area contributed by atoms with Crippen molar-refractivity contribution < 1.29 is 38.5 Å². The third-order valence-electron chi connectivity index (χ3n) is 6.50. The van der Waals surface area contributed by atoms with Crippen LogP contribution in [0.25, 0.3) is 0 Å². The monoisotopic (exact) mass is 456 g/mol. The predicted molar refractivity (Wildman–Crippen MR) is 121 cm³/mol. The van der Waals surface area contributed by atoms with E-state index in [1.165, 1.54) is 64.6 Å². The summed E-state index contributed by atoms with van der Waals surface area (Å²) >= 11 is 0. The Balaban J connectivity index is -0.00000338. The second-order valence-electron chi connectivity index (χ2n) is 11.5. The molecule has 0 N–H and O–H groups in total. The lowest BCUT2D eigenvalue weighted by Crippen LogP contribution is -3.00. The molecule has 0 rings (SSSR count). The first kappa shape index (κ1) is 34.1. The normalized spacial score (nSPS) is 13.0. The molecule has 3 nitrogen and oxygen atoms in total. The molecule has 0 amide bonds. The van der Waals surface area contributed by atoms with E-state index in [4.69, 9.17) is 4.74 Å². The summed E-state index contributed by atoms with van der Waals surface area (Å²) in [4.78, 5) is 0. The average Bonchev–Trinajstić information content (AvgIpc) is 2.49. The zero-order chi connectivity index (χ0) is 21.2. The highest BCUT2D eigenvalue weighted by molar-refractivity contribution is 4.87. The fourth-order valence-electron chi connectivity index (χ4n) is 3.57.